The van der Waals surface area contributed by atoms with Crippen molar-refractivity contribution in [3.05, 3.63) is 34.9 Å². The Labute approximate surface area is 154 Å². The zero-order chi connectivity index (χ0) is 17.6. The summed E-state index contributed by atoms with van der Waals surface area (Å²) in [6, 6.07) is 7.34. The van der Waals surface area contributed by atoms with Crippen LogP contribution in [0.2, 0.25) is 5.02 Å². The molecule has 1 unspecified atom stereocenters. The maximum atomic E-state index is 12.7. The second-order valence-corrected chi connectivity index (χ2v) is 7.73. The summed E-state index contributed by atoms with van der Waals surface area (Å²) in [7, 11) is 0. The van der Waals surface area contributed by atoms with Gasteiger partial charge in [0.15, 0.2) is 0 Å². The Morgan fingerprint density at radius 3 is 2.52 bits per heavy atom. The number of amides is 2. The van der Waals surface area contributed by atoms with Crippen molar-refractivity contribution < 1.29 is 9.59 Å². The van der Waals surface area contributed by atoms with Crippen molar-refractivity contribution in [1.29, 1.82) is 0 Å². The summed E-state index contributed by atoms with van der Waals surface area (Å²) in [5.41, 5.74) is 0.595. The van der Waals surface area contributed by atoms with E-state index in [2.05, 4.69) is 5.32 Å². The molecule has 136 valence electrons. The maximum absolute atomic E-state index is 12.7. The molecule has 1 aliphatic carbocycles. The quantitative estimate of drug-likeness (QED) is 0.825. The first-order valence-electron chi connectivity index (χ1n) is 9.49. The summed E-state index contributed by atoms with van der Waals surface area (Å²) >= 11 is 5.99. The first-order valence-corrected chi connectivity index (χ1v) is 9.86. The monoisotopic (exact) mass is 362 g/mol. The van der Waals surface area contributed by atoms with E-state index in [9.17, 15) is 9.59 Å². The molecule has 2 aliphatic rings. The van der Waals surface area contributed by atoms with Gasteiger partial charge in [0.1, 0.15) is 0 Å². The molecule has 25 heavy (non-hydrogen) atoms. The molecule has 1 aromatic carbocycles. The molecule has 1 aliphatic heterocycles. The summed E-state index contributed by atoms with van der Waals surface area (Å²) in [5, 5.41) is 3.80. The predicted molar refractivity (Wildman–Crippen MR) is 99.7 cm³/mol. The lowest BCUT2D eigenvalue weighted by Crippen LogP contribution is -2.47. The van der Waals surface area contributed by atoms with Crippen molar-refractivity contribution in [3.8, 4) is 0 Å². The minimum absolute atomic E-state index is 0.0329. The van der Waals surface area contributed by atoms with Crippen molar-refractivity contribution in [3.63, 3.8) is 0 Å². The zero-order valence-corrected chi connectivity index (χ0v) is 15.4. The summed E-state index contributed by atoms with van der Waals surface area (Å²) in [4.78, 5) is 27.2. The first-order chi connectivity index (χ1) is 12.1. The SMILES string of the molecule is O=C(NC1CCCCCC1)C1CCCN(C(=O)c2cccc(Cl)c2)C1. The lowest BCUT2D eigenvalue weighted by Gasteiger charge is -2.33. The minimum atomic E-state index is -0.0971. The number of likely N-dealkylation sites (tertiary alicyclic amines) is 1. The molecule has 2 fully saturated rings. The number of hydrogen-bond acceptors (Lipinski definition) is 2. The van der Waals surface area contributed by atoms with Gasteiger partial charge in [-0.05, 0) is 43.9 Å². The molecule has 1 saturated carbocycles. The lowest BCUT2D eigenvalue weighted by atomic mass is 9.95. The van der Waals surface area contributed by atoms with Crippen molar-refractivity contribution in [2.45, 2.75) is 57.4 Å². The third-order valence-electron chi connectivity index (χ3n) is 5.35. The molecule has 1 atom stereocenters. The van der Waals surface area contributed by atoms with E-state index in [-0.39, 0.29) is 17.7 Å². The highest BCUT2D eigenvalue weighted by atomic mass is 35.5. The van der Waals surface area contributed by atoms with Crippen LogP contribution in [0.4, 0.5) is 0 Å². The number of benzene rings is 1. The highest BCUT2D eigenvalue weighted by Crippen LogP contribution is 2.22. The number of carbonyl (C=O) groups excluding carboxylic acids is 2. The van der Waals surface area contributed by atoms with Crippen LogP contribution in [-0.2, 0) is 4.79 Å². The van der Waals surface area contributed by atoms with Gasteiger partial charge in [-0.1, -0.05) is 43.4 Å². The topological polar surface area (TPSA) is 49.4 Å². The Hall–Kier alpha value is -1.55. The molecular weight excluding hydrogens is 336 g/mol. The van der Waals surface area contributed by atoms with E-state index in [0.717, 1.165) is 25.7 Å². The second-order valence-electron chi connectivity index (χ2n) is 7.30. The minimum Gasteiger partial charge on any atom is -0.353 e. The number of nitrogens with zero attached hydrogens (tertiary/aromatic N) is 1. The van der Waals surface area contributed by atoms with Crippen LogP contribution in [0.3, 0.4) is 0 Å². The number of piperidine rings is 1. The zero-order valence-electron chi connectivity index (χ0n) is 14.7. The van der Waals surface area contributed by atoms with E-state index in [1.54, 1.807) is 29.2 Å². The fraction of sp³-hybridized carbons (Fsp3) is 0.600. The average molecular weight is 363 g/mol. The molecule has 0 radical (unpaired) electrons. The van der Waals surface area contributed by atoms with E-state index in [1.807, 2.05) is 0 Å². The average Bonchev–Trinajstić information content (AvgIpc) is 2.90. The standard InChI is InChI=1S/C20H27ClN2O2/c21-17-9-5-7-15(13-17)20(25)23-12-6-8-16(14-23)19(24)22-18-10-3-1-2-4-11-18/h5,7,9,13,16,18H,1-4,6,8,10-12,14H2,(H,22,24). The Morgan fingerprint density at radius 1 is 1.04 bits per heavy atom. The second kappa shape index (κ2) is 8.70. The number of rotatable bonds is 3. The van der Waals surface area contributed by atoms with Crippen LogP contribution in [0.1, 0.15) is 61.7 Å². The van der Waals surface area contributed by atoms with Gasteiger partial charge in [0.25, 0.3) is 5.91 Å². The smallest absolute Gasteiger partial charge is 0.253 e. The van der Waals surface area contributed by atoms with Crippen molar-refractivity contribution >= 4 is 23.4 Å². The summed E-state index contributed by atoms with van der Waals surface area (Å²) in [5.74, 6) is -0.00917. The van der Waals surface area contributed by atoms with Crippen LogP contribution in [0.25, 0.3) is 0 Å². The number of carbonyl (C=O) groups is 2. The van der Waals surface area contributed by atoms with Crippen LogP contribution in [0.15, 0.2) is 24.3 Å². The van der Waals surface area contributed by atoms with E-state index in [4.69, 9.17) is 11.6 Å². The van der Waals surface area contributed by atoms with Crippen LogP contribution in [-0.4, -0.2) is 35.8 Å². The van der Waals surface area contributed by atoms with E-state index in [1.165, 1.54) is 25.7 Å². The van der Waals surface area contributed by atoms with Crippen LogP contribution in [0, 0.1) is 5.92 Å². The number of nitrogens with one attached hydrogen (secondary N) is 1. The molecule has 4 nitrogen and oxygen atoms in total. The van der Waals surface area contributed by atoms with Gasteiger partial charge in [-0.3, -0.25) is 9.59 Å². The molecule has 1 aromatic rings. The Bertz CT molecular complexity index is 611. The molecule has 1 heterocycles. The van der Waals surface area contributed by atoms with Gasteiger partial charge in [0, 0.05) is 29.7 Å². The molecule has 0 bridgehead atoms. The van der Waals surface area contributed by atoms with Gasteiger partial charge in [0.05, 0.1) is 5.92 Å². The van der Waals surface area contributed by atoms with Crippen LogP contribution >= 0.6 is 11.6 Å². The van der Waals surface area contributed by atoms with Gasteiger partial charge >= 0.3 is 0 Å². The normalized spacial score (nSPS) is 22.3. The fourth-order valence-corrected chi connectivity index (χ4v) is 4.11. The summed E-state index contributed by atoms with van der Waals surface area (Å²) in [6.45, 7) is 1.21. The Balaban J connectivity index is 1.58. The van der Waals surface area contributed by atoms with Crippen LogP contribution in [0.5, 0.6) is 0 Å². The van der Waals surface area contributed by atoms with Crippen molar-refractivity contribution in [2.24, 2.45) is 5.92 Å². The van der Waals surface area contributed by atoms with Gasteiger partial charge in [-0.2, -0.15) is 0 Å². The van der Waals surface area contributed by atoms with Gasteiger partial charge in [-0.25, -0.2) is 0 Å². The maximum Gasteiger partial charge on any atom is 0.253 e. The van der Waals surface area contributed by atoms with E-state index in [0.29, 0.717) is 29.7 Å². The van der Waals surface area contributed by atoms with E-state index >= 15 is 0 Å². The lowest BCUT2D eigenvalue weighted by molar-refractivity contribution is -0.127. The molecule has 5 heteroatoms. The Morgan fingerprint density at radius 2 is 1.80 bits per heavy atom. The van der Waals surface area contributed by atoms with E-state index < -0.39 is 0 Å². The molecule has 0 aromatic heterocycles. The highest BCUT2D eigenvalue weighted by molar-refractivity contribution is 6.30. The van der Waals surface area contributed by atoms with Gasteiger partial charge in [-0.15, -0.1) is 0 Å². The summed E-state index contributed by atoms with van der Waals surface area (Å²) < 4.78 is 0. The third-order valence-corrected chi connectivity index (χ3v) is 5.59. The molecule has 3 rings (SSSR count). The number of halogens is 1. The van der Waals surface area contributed by atoms with Gasteiger partial charge < -0.3 is 10.2 Å². The van der Waals surface area contributed by atoms with Crippen LogP contribution < -0.4 is 5.32 Å². The summed E-state index contributed by atoms with van der Waals surface area (Å²) in [6.07, 6.45) is 8.86. The third kappa shape index (κ3) is 4.97. The van der Waals surface area contributed by atoms with Gasteiger partial charge in [0.2, 0.25) is 5.91 Å². The number of hydrogen-bond donors (Lipinski definition) is 1. The molecular formula is C20H27ClN2O2. The first kappa shape index (κ1) is 18.2. The van der Waals surface area contributed by atoms with Crippen molar-refractivity contribution in [2.75, 3.05) is 13.1 Å². The highest BCUT2D eigenvalue weighted by Gasteiger charge is 2.30. The molecule has 1 N–H and O–H groups in total. The molecule has 2 amide bonds. The Kier molecular flexibility index (Phi) is 6.35. The predicted octanol–water partition coefficient (Wildman–Crippen LogP) is 4.03. The van der Waals surface area contributed by atoms with Crippen molar-refractivity contribution in [1.82, 2.24) is 10.2 Å². The molecule has 1 saturated heterocycles. The fourth-order valence-electron chi connectivity index (χ4n) is 3.92. The molecule has 0 spiro atoms. The largest absolute Gasteiger partial charge is 0.353 e.